The molecule has 0 radical (unpaired) electrons. The van der Waals surface area contributed by atoms with Crippen molar-refractivity contribution >= 4 is 22.0 Å². The molecule has 1 rings (SSSR count). The number of ether oxygens (including phenoxy) is 1. The molecule has 0 heterocycles. The SMILES string of the molecule is CC(C)(C)OC(=O)NCCc1cc(Br)ccc1F. The molecule has 1 aromatic rings. The fraction of sp³-hybridized carbons (Fsp3) is 0.462. The Morgan fingerprint density at radius 2 is 2.11 bits per heavy atom. The molecule has 0 saturated heterocycles. The van der Waals surface area contributed by atoms with E-state index in [9.17, 15) is 9.18 Å². The van der Waals surface area contributed by atoms with E-state index in [0.29, 0.717) is 18.5 Å². The van der Waals surface area contributed by atoms with Gasteiger partial charge >= 0.3 is 6.09 Å². The maximum absolute atomic E-state index is 13.4. The van der Waals surface area contributed by atoms with E-state index in [-0.39, 0.29) is 5.82 Å². The highest BCUT2D eigenvalue weighted by Gasteiger charge is 2.15. The van der Waals surface area contributed by atoms with Gasteiger partial charge in [0, 0.05) is 11.0 Å². The van der Waals surface area contributed by atoms with Gasteiger partial charge in [0.2, 0.25) is 0 Å². The number of carbonyl (C=O) groups is 1. The molecule has 0 atom stereocenters. The van der Waals surface area contributed by atoms with Gasteiger partial charge in [-0.05, 0) is 51.0 Å². The van der Waals surface area contributed by atoms with Crippen LogP contribution in [-0.4, -0.2) is 18.2 Å². The molecule has 0 aliphatic heterocycles. The van der Waals surface area contributed by atoms with Gasteiger partial charge < -0.3 is 10.1 Å². The predicted molar refractivity (Wildman–Crippen MR) is 72.0 cm³/mol. The molecule has 100 valence electrons. The minimum absolute atomic E-state index is 0.274. The molecule has 0 aromatic heterocycles. The monoisotopic (exact) mass is 317 g/mol. The van der Waals surface area contributed by atoms with Crippen molar-refractivity contribution in [3.8, 4) is 0 Å². The Bertz CT molecular complexity index is 429. The van der Waals surface area contributed by atoms with Crippen molar-refractivity contribution in [2.45, 2.75) is 32.8 Å². The smallest absolute Gasteiger partial charge is 0.407 e. The Hall–Kier alpha value is -1.10. The van der Waals surface area contributed by atoms with E-state index in [1.807, 2.05) is 0 Å². The second-order valence-corrected chi connectivity index (χ2v) is 5.83. The summed E-state index contributed by atoms with van der Waals surface area (Å²) in [4.78, 5) is 11.4. The molecule has 18 heavy (non-hydrogen) atoms. The van der Waals surface area contributed by atoms with E-state index in [0.717, 1.165) is 4.47 Å². The lowest BCUT2D eigenvalue weighted by molar-refractivity contribution is 0.0528. The molecule has 0 aliphatic rings. The molecule has 3 nitrogen and oxygen atoms in total. The lowest BCUT2D eigenvalue weighted by atomic mass is 10.1. The largest absolute Gasteiger partial charge is 0.444 e. The number of carbonyl (C=O) groups excluding carboxylic acids is 1. The normalized spacial score (nSPS) is 11.2. The molecule has 0 unspecified atom stereocenters. The summed E-state index contributed by atoms with van der Waals surface area (Å²) < 4.78 is 19.3. The van der Waals surface area contributed by atoms with Crippen LogP contribution in [-0.2, 0) is 11.2 Å². The number of nitrogens with one attached hydrogen (secondary N) is 1. The third-order valence-electron chi connectivity index (χ3n) is 2.07. The van der Waals surface area contributed by atoms with Gasteiger partial charge in [-0.2, -0.15) is 0 Å². The second kappa shape index (κ2) is 6.18. The molecule has 1 aromatic carbocycles. The van der Waals surface area contributed by atoms with Gasteiger partial charge in [-0.15, -0.1) is 0 Å². The van der Waals surface area contributed by atoms with Crippen LogP contribution in [0.3, 0.4) is 0 Å². The molecule has 0 saturated carbocycles. The number of hydrogen-bond donors (Lipinski definition) is 1. The Labute approximate surface area is 115 Å². The van der Waals surface area contributed by atoms with Crippen LogP contribution in [0.2, 0.25) is 0 Å². The van der Waals surface area contributed by atoms with Gasteiger partial charge in [-0.3, -0.25) is 0 Å². The molecule has 5 heteroatoms. The summed E-state index contributed by atoms with van der Waals surface area (Å²) in [5.41, 5.74) is 0.0332. The van der Waals surface area contributed by atoms with Crippen LogP contribution in [0, 0.1) is 5.82 Å². The highest BCUT2D eigenvalue weighted by Crippen LogP contribution is 2.15. The van der Waals surface area contributed by atoms with Gasteiger partial charge in [0.25, 0.3) is 0 Å². The average molecular weight is 318 g/mol. The quantitative estimate of drug-likeness (QED) is 0.924. The van der Waals surface area contributed by atoms with Gasteiger partial charge in [0.1, 0.15) is 11.4 Å². The number of amides is 1. The van der Waals surface area contributed by atoms with Crippen LogP contribution >= 0.6 is 15.9 Å². The average Bonchev–Trinajstić information content (AvgIpc) is 2.20. The molecule has 0 spiro atoms. The maximum Gasteiger partial charge on any atom is 0.407 e. The van der Waals surface area contributed by atoms with Crippen molar-refractivity contribution in [3.63, 3.8) is 0 Å². The van der Waals surface area contributed by atoms with E-state index in [1.54, 1.807) is 32.9 Å². The fourth-order valence-electron chi connectivity index (χ4n) is 1.35. The summed E-state index contributed by atoms with van der Waals surface area (Å²) in [5, 5.41) is 2.59. The predicted octanol–water partition coefficient (Wildman–Crippen LogP) is 3.66. The second-order valence-electron chi connectivity index (χ2n) is 4.91. The van der Waals surface area contributed by atoms with E-state index >= 15 is 0 Å². The third-order valence-corrected chi connectivity index (χ3v) is 2.56. The molecule has 1 amide bonds. The van der Waals surface area contributed by atoms with Crippen LogP contribution in [0.4, 0.5) is 9.18 Å². The van der Waals surface area contributed by atoms with Crippen molar-refractivity contribution in [2.75, 3.05) is 6.54 Å². The number of alkyl carbamates (subject to hydrolysis) is 1. The number of benzene rings is 1. The summed E-state index contributed by atoms with van der Waals surface area (Å²) in [6, 6.07) is 4.74. The van der Waals surface area contributed by atoms with Crippen LogP contribution in [0.1, 0.15) is 26.3 Å². The first-order valence-electron chi connectivity index (χ1n) is 5.69. The zero-order chi connectivity index (χ0) is 13.8. The minimum Gasteiger partial charge on any atom is -0.444 e. The highest BCUT2D eigenvalue weighted by atomic mass is 79.9. The number of rotatable bonds is 3. The topological polar surface area (TPSA) is 38.3 Å². The standard InChI is InChI=1S/C13H17BrFNO2/c1-13(2,3)18-12(17)16-7-6-9-8-10(14)4-5-11(9)15/h4-5,8H,6-7H2,1-3H3,(H,16,17). The van der Waals surface area contributed by atoms with Crippen molar-refractivity contribution in [1.82, 2.24) is 5.32 Å². The molecule has 0 fully saturated rings. The Morgan fingerprint density at radius 1 is 1.44 bits per heavy atom. The van der Waals surface area contributed by atoms with E-state index in [4.69, 9.17) is 4.74 Å². The summed E-state index contributed by atoms with van der Waals surface area (Å²) in [5.74, 6) is -0.274. The lowest BCUT2D eigenvalue weighted by Gasteiger charge is -2.19. The Balaban J connectivity index is 2.42. The first kappa shape index (κ1) is 15.0. The highest BCUT2D eigenvalue weighted by molar-refractivity contribution is 9.10. The zero-order valence-electron chi connectivity index (χ0n) is 10.7. The fourth-order valence-corrected chi connectivity index (χ4v) is 1.76. The van der Waals surface area contributed by atoms with Gasteiger partial charge in [0.15, 0.2) is 0 Å². The molecular weight excluding hydrogens is 301 g/mol. The van der Waals surface area contributed by atoms with Crippen molar-refractivity contribution in [1.29, 1.82) is 0 Å². The molecule has 1 N–H and O–H groups in total. The Kier molecular flexibility index (Phi) is 5.14. The van der Waals surface area contributed by atoms with Crippen molar-refractivity contribution in [2.24, 2.45) is 0 Å². The van der Waals surface area contributed by atoms with Gasteiger partial charge in [0.05, 0.1) is 0 Å². The van der Waals surface area contributed by atoms with Crippen molar-refractivity contribution < 1.29 is 13.9 Å². The zero-order valence-corrected chi connectivity index (χ0v) is 12.3. The lowest BCUT2D eigenvalue weighted by Crippen LogP contribution is -2.33. The van der Waals surface area contributed by atoms with Gasteiger partial charge in [-0.25, -0.2) is 9.18 Å². The Morgan fingerprint density at radius 3 is 2.72 bits per heavy atom. The third kappa shape index (κ3) is 5.49. The summed E-state index contributed by atoms with van der Waals surface area (Å²) in [6.45, 7) is 5.71. The first-order chi connectivity index (χ1) is 8.28. The van der Waals surface area contributed by atoms with Crippen molar-refractivity contribution in [3.05, 3.63) is 34.1 Å². The van der Waals surface area contributed by atoms with Crippen LogP contribution in [0.15, 0.2) is 22.7 Å². The van der Waals surface area contributed by atoms with Gasteiger partial charge in [-0.1, -0.05) is 15.9 Å². The maximum atomic E-state index is 13.4. The van der Waals surface area contributed by atoms with E-state index in [2.05, 4.69) is 21.2 Å². The van der Waals surface area contributed by atoms with E-state index < -0.39 is 11.7 Å². The van der Waals surface area contributed by atoms with Crippen LogP contribution in [0.25, 0.3) is 0 Å². The summed E-state index contributed by atoms with van der Waals surface area (Å²) in [6.07, 6.45) is -0.0669. The summed E-state index contributed by atoms with van der Waals surface area (Å²) in [7, 11) is 0. The van der Waals surface area contributed by atoms with E-state index in [1.165, 1.54) is 6.07 Å². The summed E-state index contributed by atoms with van der Waals surface area (Å²) >= 11 is 3.28. The number of hydrogen-bond acceptors (Lipinski definition) is 2. The number of halogens is 2. The molecule has 0 bridgehead atoms. The molecule has 0 aliphatic carbocycles. The first-order valence-corrected chi connectivity index (χ1v) is 6.48. The minimum atomic E-state index is -0.523. The van der Waals surface area contributed by atoms with Crippen LogP contribution in [0.5, 0.6) is 0 Å². The van der Waals surface area contributed by atoms with Crippen LogP contribution < -0.4 is 5.32 Å². The molecular formula is C13H17BrFNO2.